The summed E-state index contributed by atoms with van der Waals surface area (Å²) in [5.41, 5.74) is -0.393. The standard InChI is InChI=1S/C11H22F2O2.C2H6/c1-5-11(12,13)7-6-8-15-10(2,3)9-14-4;1-2/h5-9H2,1-4H3;1-2H3. The largest absolute Gasteiger partial charge is 0.382 e. The van der Waals surface area contributed by atoms with Gasteiger partial charge in [0.2, 0.25) is 5.92 Å². The topological polar surface area (TPSA) is 18.5 Å². The van der Waals surface area contributed by atoms with E-state index in [1.54, 1.807) is 7.11 Å². The number of hydrogen-bond acceptors (Lipinski definition) is 2. The molecule has 0 rings (SSSR count). The van der Waals surface area contributed by atoms with Gasteiger partial charge in [-0.3, -0.25) is 0 Å². The molecule has 0 bridgehead atoms. The highest BCUT2D eigenvalue weighted by Gasteiger charge is 2.25. The summed E-state index contributed by atoms with van der Waals surface area (Å²) in [5.74, 6) is -2.55. The summed E-state index contributed by atoms with van der Waals surface area (Å²) >= 11 is 0. The minimum atomic E-state index is -2.55. The maximum absolute atomic E-state index is 12.8. The Morgan fingerprint density at radius 3 is 2.06 bits per heavy atom. The number of methoxy groups -OCH3 is 1. The normalized spacial score (nSPS) is 12.0. The monoisotopic (exact) mass is 254 g/mol. The molecule has 0 atom stereocenters. The van der Waals surface area contributed by atoms with E-state index in [0.29, 0.717) is 19.6 Å². The van der Waals surface area contributed by atoms with Gasteiger partial charge >= 0.3 is 0 Å². The third kappa shape index (κ3) is 12.0. The molecule has 0 N–H and O–H groups in total. The minimum Gasteiger partial charge on any atom is -0.382 e. The number of hydrogen-bond donors (Lipinski definition) is 0. The third-order valence-corrected chi connectivity index (χ3v) is 2.19. The first kappa shape index (κ1) is 19.1. The fourth-order valence-corrected chi connectivity index (χ4v) is 1.25. The van der Waals surface area contributed by atoms with Crippen molar-refractivity contribution in [3.8, 4) is 0 Å². The Labute approximate surface area is 105 Å². The van der Waals surface area contributed by atoms with Crippen LogP contribution in [-0.4, -0.2) is 31.8 Å². The molecule has 0 spiro atoms. The zero-order valence-corrected chi connectivity index (χ0v) is 12.1. The second kappa shape index (κ2) is 9.77. The van der Waals surface area contributed by atoms with Gasteiger partial charge in [0.05, 0.1) is 12.2 Å². The summed E-state index contributed by atoms with van der Waals surface area (Å²) in [5, 5.41) is 0. The minimum absolute atomic E-state index is 0.103. The van der Waals surface area contributed by atoms with Gasteiger partial charge in [0, 0.05) is 26.6 Å². The van der Waals surface area contributed by atoms with Gasteiger partial charge in [0.15, 0.2) is 0 Å². The number of rotatable bonds is 8. The van der Waals surface area contributed by atoms with Crippen LogP contribution in [-0.2, 0) is 9.47 Å². The van der Waals surface area contributed by atoms with Gasteiger partial charge in [0.1, 0.15) is 0 Å². The van der Waals surface area contributed by atoms with E-state index in [-0.39, 0.29) is 12.8 Å². The van der Waals surface area contributed by atoms with Crippen LogP contribution in [0.1, 0.15) is 53.9 Å². The Morgan fingerprint density at radius 1 is 1.12 bits per heavy atom. The van der Waals surface area contributed by atoms with Crippen molar-refractivity contribution >= 4 is 0 Å². The molecule has 0 saturated heterocycles. The Balaban J connectivity index is 0. The molecule has 0 aliphatic carbocycles. The van der Waals surface area contributed by atoms with Crippen LogP contribution in [0, 0.1) is 0 Å². The van der Waals surface area contributed by atoms with Crippen molar-refractivity contribution in [2.24, 2.45) is 0 Å². The average molecular weight is 254 g/mol. The van der Waals surface area contributed by atoms with Crippen molar-refractivity contribution in [1.29, 1.82) is 0 Å². The van der Waals surface area contributed by atoms with E-state index in [1.807, 2.05) is 27.7 Å². The first-order valence-electron chi connectivity index (χ1n) is 6.34. The first-order valence-corrected chi connectivity index (χ1v) is 6.34. The Kier molecular flexibility index (Phi) is 11.0. The molecule has 0 aliphatic heterocycles. The molecule has 0 amide bonds. The lowest BCUT2D eigenvalue weighted by Gasteiger charge is -2.24. The number of halogens is 2. The van der Waals surface area contributed by atoms with E-state index < -0.39 is 11.5 Å². The Morgan fingerprint density at radius 2 is 1.65 bits per heavy atom. The van der Waals surface area contributed by atoms with E-state index >= 15 is 0 Å². The highest BCUT2D eigenvalue weighted by molar-refractivity contribution is 4.68. The zero-order valence-electron chi connectivity index (χ0n) is 12.1. The molecule has 106 valence electrons. The molecule has 0 aromatic carbocycles. The molecule has 0 heterocycles. The predicted octanol–water partition coefficient (Wildman–Crippen LogP) is 4.28. The van der Waals surface area contributed by atoms with Crippen LogP contribution in [0.4, 0.5) is 8.78 Å². The van der Waals surface area contributed by atoms with Crippen LogP contribution in [0.25, 0.3) is 0 Å². The molecular weight excluding hydrogens is 226 g/mol. The van der Waals surface area contributed by atoms with Crippen molar-refractivity contribution < 1.29 is 18.3 Å². The molecular formula is C13H28F2O2. The van der Waals surface area contributed by atoms with Crippen molar-refractivity contribution in [3.63, 3.8) is 0 Å². The maximum atomic E-state index is 12.8. The highest BCUT2D eigenvalue weighted by Crippen LogP contribution is 2.24. The van der Waals surface area contributed by atoms with Crippen molar-refractivity contribution in [1.82, 2.24) is 0 Å². The van der Waals surface area contributed by atoms with Gasteiger partial charge in [-0.15, -0.1) is 0 Å². The number of alkyl halides is 2. The Bertz CT molecular complexity index is 171. The first-order chi connectivity index (χ1) is 7.83. The molecule has 4 heteroatoms. The predicted molar refractivity (Wildman–Crippen MR) is 67.7 cm³/mol. The Hall–Kier alpha value is -0.220. The van der Waals surface area contributed by atoms with Crippen LogP contribution >= 0.6 is 0 Å². The summed E-state index contributed by atoms with van der Waals surface area (Å²) in [6, 6.07) is 0. The summed E-state index contributed by atoms with van der Waals surface area (Å²) in [6.45, 7) is 10.1. The number of ether oxygens (including phenoxy) is 2. The van der Waals surface area contributed by atoms with Gasteiger partial charge in [-0.25, -0.2) is 8.78 Å². The van der Waals surface area contributed by atoms with Crippen molar-refractivity contribution in [2.75, 3.05) is 20.3 Å². The van der Waals surface area contributed by atoms with Gasteiger partial charge in [0.25, 0.3) is 0 Å². The van der Waals surface area contributed by atoms with Crippen LogP contribution in [0.3, 0.4) is 0 Å². The zero-order chi connectivity index (χ0) is 13.9. The molecule has 0 aliphatic rings. The maximum Gasteiger partial charge on any atom is 0.248 e. The van der Waals surface area contributed by atoms with E-state index in [2.05, 4.69) is 0 Å². The lowest BCUT2D eigenvalue weighted by molar-refractivity contribution is -0.0758. The molecule has 0 aromatic rings. The molecule has 0 saturated carbocycles. The fourth-order valence-electron chi connectivity index (χ4n) is 1.25. The van der Waals surface area contributed by atoms with Crippen molar-refractivity contribution in [3.05, 3.63) is 0 Å². The third-order valence-electron chi connectivity index (χ3n) is 2.19. The van der Waals surface area contributed by atoms with Gasteiger partial charge < -0.3 is 9.47 Å². The highest BCUT2D eigenvalue weighted by atomic mass is 19.3. The van der Waals surface area contributed by atoms with Crippen LogP contribution in [0.5, 0.6) is 0 Å². The summed E-state index contributed by atoms with van der Waals surface area (Å²) in [4.78, 5) is 0. The summed E-state index contributed by atoms with van der Waals surface area (Å²) in [7, 11) is 1.59. The van der Waals surface area contributed by atoms with Gasteiger partial charge in [-0.2, -0.15) is 0 Å². The van der Waals surface area contributed by atoms with E-state index in [0.717, 1.165) is 0 Å². The van der Waals surface area contributed by atoms with Gasteiger partial charge in [-0.05, 0) is 20.3 Å². The van der Waals surface area contributed by atoms with E-state index in [4.69, 9.17) is 9.47 Å². The summed E-state index contributed by atoms with van der Waals surface area (Å²) in [6.07, 6.45) is 0.176. The second-order valence-corrected chi connectivity index (χ2v) is 4.35. The lowest BCUT2D eigenvalue weighted by Crippen LogP contribution is -2.31. The van der Waals surface area contributed by atoms with Crippen LogP contribution in [0.15, 0.2) is 0 Å². The summed E-state index contributed by atoms with van der Waals surface area (Å²) < 4.78 is 36.1. The smallest absolute Gasteiger partial charge is 0.248 e. The molecule has 17 heavy (non-hydrogen) atoms. The van der Waals surface area contributed by atoms with Gasteiger partial charge in [-0.1, -0.05) is 20.8 Å². The molecule has 2 nitrogen and oxygen atoms in total. The second-order valence-electron chi connectivity index (χ2n) is 4.35. The molecule has 0 fully saturated rings. The van der Waals surface area contributed by atoms with Crippen LogP contribution < -0.4 is 0 Å². The quantitative estimate of drug-likeness (QED) is 0.602. The molecule has 0 radical (unpaired) electrons. The SMILES string of the molecule is CC.CCC(F)(F)CCCOC(C)(C)COC. The average Bonchev–Trinajstić information content (AvgIpc) is 2.27. The van der Waals surface area contributed by atoms with Crippen LogP contribution in [0.2, 0.25) is 0 Å². The van der Waals surface area contributed by atoms with E-state index in [9.17, 15) is 8.78 Å². The molecule has 0 unspecified atom stereocenters. The van der Waals surface area contributed by atoms with Crippen molar-refractivity contribution in [2.45, 2.75) is 65.4 Å². The lowest BCUT2D eigenvalue weighted by atomic mass is 10.1. The fraction of sp³-hybridized carbons (Fsp3) is 1.00. The molecule has 0 aromatic heterocycles. The van der Waals surface area contributed by atoms with E-state index in [1.165, 1.54) is 6.92 Å².